The predicted molar refractivity (Wildman–Crippen MR) is 63.9 cm³/mol. The molecule has 1 aromatic carbocycles. The van der Waals surface area contributed by atoms with E-state index in [2.05, 4.69) is 5.43 Å². The van der Waals surface area contributed by atoms with E-state index in [0.717, 1.165) is 17.0 Å². The van der Waals surface area contributed by atoms with Crippen molar-refractivity contribution in [3.8, 4) is 5.75 Å². The van der Waals surface area contributed by atoms with E-state index in [0.29, 0.717) is 0 Å². The predicted octanol–water partition coefficient (Wildman–Crippen LogP) is 2.62. The molecular formula is C12H18N2O. The summed E-state index contributed by atoms with van der Waals surface area (Å²) in [5.74, 6) is 6.21. The average molecular weight is 206 g/mol. The fraction of sp³-hybridized carbons (Fsp3) is 0.333. The number of allylic oxidation sites excluding steroid dienone is 1. The first kappa shape index (κ1) is 11.6. The normalized spacial score (nSPS) is 12.8. The standard InChI is InChI=1S/C12H18N2O/c1-4-5-10(3)15-11-6-7-12(14-13)9(2)8-11/h4-8,10,14H,13H2,1-3H3/b5-4-. The molecule has 0 aliphatic rings. The maximum Gasteiger partial charge on any atom is 0.120 e. The topological polar surface area (TPSA) is 47.3 Å². The number of anilines is 1. The molecular weight excluding hydrogens is 188 g/mol. The van der Waals surface area contributed by atoms with Crippen molar-refractivity contribution >= 4 is 5.69 Å². The highest BCUT2D eigenvalue weighted by Gasteiger charge is 2.02. The first-order valence-electron chi connectivity index (χ1n) is 5.04. The summed E-state index contributed by atoms with van der Waals surface area (Å²) < 4.78 is 5.68. The molecule has 0 fully saturated rings. The molecule has 82 valence electrons. The van der Waals surface area contributed by atoms with Crippen molar-refractivity contribution in [1.82, 2.24) is 0 Å². The van der Waals surface area contributed by atoms with Gasteiger partial charge in [-0.2, -0.15) is 0 Å². The van der Waals surface area contributed by atoms with E-state index >= 15 is 0 Å². The van der Waals surface area contributed by atoms with Crippen molar-refractivity contribution in [3.05, 3.63) is 35.9 Å². The van der Waals surface area contributed by atoms with Crippen molar-refractivity contribution in [1.29, 1.82) is 0 Å². The molecule has 0 radical (unpaired) electrons. The van der Waals surface area contributed by atoms with Crippen molar-refractivity contribution in [2.75, 3.05) is 5.43 Å². The Morgan fingerprint density at radius 3 is 2.73 bits per heavy atom. The maximum atomic E-state index is 5.68. The second-order valence-electron chi connectivity index (χ2n) is 3.47. The summed E-state index contributed by atoms with van der Waals surface area (Å²) in [4.78, 5) is 0. The number of aryl methyl sites for hydroxylation is 1. The van der Waals surface area contributed by atoms with Gasteiger partial charge < -0.3 is 10.2 Å². The summed E-state index contributed by atoms with van der Waals surface area (Å²) in [5.41, 5.74) is 4.62. The average Bonchev–Trinajstić information content (AvgIpc) is 2.18. The Kier molecular flexibility index (Phi) is 4.18. The van der Waals surface area contributed by atoms with Crippen LogP contribution in [0.4, 0.5) is 5.69 Å². The van der Waals surface area contributed by atoms with Crippen LogP contribution < -0.4 is 16.0 Å². The molecule has 3 nitrogen and oxygen atoms in total. The lowest BCUT2D eigenvalue weighted by atomic mass is 10.2. The number of nitrogens with one attached hydrogen (secondary N) is 1. The third-order valence-electron chi connectivity index (χ3n) is 2.14. The van der Waals surface area contributed by atoms with Gasteiger partial charge in [-0.25, -0.2) is 0 Å². The monoisotopic (exact) mass is 206 g/mol. The second kappa shape index (κ2) is 5.41. The number of ether oxygens (including phenoxy) is 1. The molecule has 1 rings (SSSR count). The molecule has 0 spiro atoms. The van der Waals surface area contributed by atoms with Crippen LogP contribution in [0.3, 0.4) is 0 Å². The lowest BCUT2D eigenvalue weighted by Gasteiger charge is -2.12. The van der Waals surface area contributed by atoms with E-state index in [1.807, 2.05) is 51.1 Å². The highest BCUT2D eigenvalue weighted by atomic mass is 16.5. The lowest BCUT2D eigenvalue weighted by Crippen LogP contribution is -2.10. The van der Waals surface area contributed by atoms with E-state index in [4.69, 9.17) is 10.6 Å². The number of benzene rings is 1. The highest BCUT2D eigenvalue weighted by molar-refractivity contribution is 5.52. The fourth-order valence-corrected chi connectivity index (χ4v) is 1.40. The Labute approximate surface area is 90.9 Å². The summed E-state index contributed by atoms with van der Waals surface area (Å²) in [6.45, 7) is 5.97. The molecule has 0 aliphatic heterocycles. The fourth-order valence-electron chi connectivity index (χ4n) is 1.40. The Hall–Kier alpha value is -1.48. The van der Waals surface area contributed by atoms with Crippen molar-refractivity contribution in [2.24, 2.45) is 5.84 Å². The van der Waals surface area contributed by atoms with Gasteiger partial charge in [-0.3, -0.25) is 5.84 Å². The van der Waals surface area contributed by atoms with Crippen LogP contribution in [-0.2, 0) is 0 Å². The van der Waals surface area contributed by atoms with E-state index in [9.17, 15) is 0 Å². The van der Waals surface area contributed by atoms with Gasteiger partial charge in [0.2, 0.25) is 0 Å². The first-order chi connectivity index (χ1) is 7.17. The van der Waals surface area contributed by atoms with Gasteiger partial charge >= 0.3 is 0 Å². The van der Waals surface area contributed by atoms with Crippen LogP contribution in [0.2, 0.25) is 0 Å². The Morgan fingerprint density at radius 2 is 2.20 bits per heavy atom. The zero-order chi connectivity index (χ0) is 11.3. The first-order valence-corrected chi connectivity index (χ1v) is 5.04. The second-order valence-corrected chi connectivity index (χ2v) is 3.47. The van der Waals surface area contributed by atoms with E-state index < -0.39 is 0 Å². The molecule has 3 heteroatoms. The number of nitrogens with two attached hydrogens (primary N) is 1. The molecule has 3 N–H and O–H groups in total. The minimum atomic E-state index is 0.0890. The van der Waals surface area contributed by atoms with Crippen molar-refractivity contribution < 1.29 is 4.74 Å². The van der Waals surface area contributed by atoms with Gasteiger partial charge in [0, 0.05) is 0 Å². The number of hydrazine groups is 1. The van der Waals surface area contributed by atoms with Crippen molar-refractivity contribution in [3.63, 3.8) is 0 Å². The zero-order valence-corrected chi connectivity index (χ0v) is 9.45. The highest BCUT2D eigenvalue weighted by Crippen LogP contribution is 2.21. The van der Waals surface area contributed by atoms with Gasteiger partial charge in [0.1, 0.15) is 11.9 Å². The van der Waals surface area contributed by atoms with Crippen LogP contribution in [0.25, 0.3) is 0 Å². The molecule has 1 atom stereocenters. The summed E-state index contributed by atoms with van der Waals surface area (Å²) in [7, 11) is 0. The summed E-state index contributed by atoms with van der Waals surface area (Å²) in [6.07, 6.45) is 4.07. The molecule has 0 saturated carbocycles. The minimum Gasteiger partial charge on any atom is -0.487 e. The van der Waals surface area contributed by atoms with Gasteiger partial charge in [-0.1, -0.05) is 6.08 Å². The molecule has 1 unspecified atom stereocenters. The Morgan fingerprint density at radius 1 is 1.47 bits per heavy atom. The summed E-state index contributed by atoms with van der Waals surface area (Å²) in [5, 5.41) is 0. The third-order valence-corrected chi connectivity index (χ3v) is 2.14. The molecule has 1 aromatic rings. The Bertz CT molecular complexity index is 347. The molecule has 0 aromatic heterocycles. The van der Waals surface area contributed by atoms with Crippen LogP contribution in [0.15, 0.2) is 30.4 Å². The molecule has 15 heavy (non-hydrogen) atoms. The smallest absolute Gasteiger partial charge is 0.120 e. The van der Waals surface area contributed by atoms with Crippen molar-refractivity contribution in [2.45, 2.75) is 26.9 Å². The SMILES string of the molecule is C/C=C\C(C)Oc1ccc(NN)c(C)c1. The quantitative estimate of drug-likeness (QED) is 0.452. The third kappa shape index (κ3) is 3.29. The lowest BCUT2D eigenvalue weighted by molar-refractivity contribution is 0.269. The number of rotatable bonds is 4. The van der Waals surface area contributed by atoms with E-state index in [-0.39, 0.29) is 6.10 Å². The molecule has 0 bridgehead atoms. The number of nitrogen functional groups attached to an aromatic ring is 1. The number of hydrogen-bond donors (Lipinski definition) is 2. The van der Waals surface area contributed by atoms with E-state index in [1.54, 1.807) is 0 Å². The van der Waals surface area contributed by atoms with Gasteiger partial charge in [-0.05, 0) is 50.6 Å². The van der Waals surface area contributed by atoms with Crippen LogP contribution in [0, 0.1) is 6.92 Å². The largest absolute Gasteiger partial charge is 0.487 e. The van der Waals surface area contributed by atoms with Gasteiger partial charge in [-0.15, -0.1) is 0 Å². The summed E-state index contributed by atoms with van der Waals surface area (Å²) in [6, 6.07) is 5.78. The molecule has 0 saturated heterocycles. The summed E-state index contributed by atoms with van der Waals surface area (Å²) >= 11 is 0. The van der Waals surface area contributed by atoms with Gasteiger partial charge in [0.05, 0.1) is 5.69 Å². The molecule has 0 heterocycles. The van der Waals surface area contributed by atoms with Crippen LogP contribution >= 0.6 is 0 Å². The van der Waals surface area contributed by atoms with E-state index in [1.165, 1.54) is 0 Å². The van der Waals surface area contributed by atoms with Crippen LogP contribution in [0.1, 0.15) is 19.4 Å². The van der Waals surface area contributed by atoms with Gasteiger partial charge in [0.25, 0.3) is 0 Å². The Balaban J connectivity index is 2.75. The molecule has 0 aliphatic carbocycles. The zero-order valence-electron chi connectivity index (χ0n) is 9.45. The maximum absolute atomic E-state index is 5.68. The minimum absolute atomic E-state index is 0.0890. The number of hydrogen-bond acceptors (Lipinski definition) is 3. The van der Waals surface area contributed by atoms with Crippen LogP contribution in [0.5, 0.6) is 5.75 Å². The molecule has 0 amide bonds. The van der Waals surface area contributed by atoms with Crippen LogP contribution in [-0.4, -0.2) is 6.10 Å². The van der Waals surface area contributed by atoms with Gasteiger partial charge in [0.15, 0.2) is 0 Å².